The molecular weight excluding hydrogens is 280 g/mol. The number of carbonyl (C=O) groups is 2. The van der Waals surface area contributed by atoms with Crippen molar-refractivity contribution in [1.82, 2.24) is 0 Å². The summed E-state index contributed by atoms with van der Waals surface area (Å²) in [4.78, 5) is 24.1. The summed E-state index contributed by atoms with van der Waals surface area (Å²) in [5, 5.41) is 0. The average Bonchev–Trinajstić information content (AvgIpc) is 2.56. The summed E-state index contributed by atoms with van der Waals surface area (Å²) in [6, 6.07) is 9.59. The molecule has 0 aromatic heterocycles. The average molecular weight is 300 g/mol. The fourth-order valence-electron chi connectivity index (χ4n) is 3.16. The number of ketones is 1. The lowest BCUT2D eigenvalue weighted by molar-refractivity contribution is -0.154. The Labute approximate surface area is 130 Å². The van der Waals surface area contributed by atoms with E-state index in [1.807, 2.05) is 30.3 Å². The molecule has 1 saturated carbocycles. The van der Waals surface area contributed by atoms with Gasteiger partial charge in [-0.1, -0.05) is 37.3 Å². The van der Waals surface area contributed by atoms with Crippen LogP contribution in [0.2, 0.25) is 0 Å². The number of fused-ring (bicyclic) bond motifs is 1. The van der Waals surface area contributed by atoms with E-state index in [9.17, 15) is 9.59 Å². The van der Waals surface area contributed by atoms with Crippen LogP contribution in [-0.4, -0.2) is 24.0 Å². The van der Waals surface area contributed by atoms with Crippen molar-refractivity contribution in [1.29, 1.82) is 0 Å². The molecule has 1 aromatic rings. The van der Waals surface area contributed by atoms with Crippen LogP contribution in [0, 0.1) is 5.92 Å². The first kappa shape index (κ1) is 14.8. The molecule has 1 heterocycles. The number of Topliss-reactive ketones (excluding diaryl/α,β-unsaturated/α-hetero) is 1. The van der Waals surface area contributed by atoms with Crippen LogP contribution >= 0.6 is 0 Å². The molecular formula is C18H20O4. The van der Waals surface area contributed by atoms with Crippen molar-refractivity contribution in [3.63, 3.8) is 0 Å². The van der Waals surface area contributed by atoms with Gasteiger partial charge in [-0.05, 0) is 18.4 Å². The predicted octanol–water partition coefficient (Wildman–Crippen LogP) is 3.12. The zero-order chi connectivity index (χ0) is 15.5. The predicted molar refractivity (Wildman–Crippen MR) is 81.8 cm³/mol. The smallest absolute Gasteiger partial charge is 0.305 e. The van der Waals surface area contributed by atoms with Gasteiger partial charge in [-0.25, -0.2) is 0 Å². The number of esters is 1. The summed E-state index contributed by atoms with van der Waals surface area (Å²) in [6.45, 7) is 1.78. The van der Waals surface area contributed by atoms with Crippen LogP contribution in [0.25, 0.3) is 5.57 Å². The van der Waals surface area contributed by atoms with E-state index in [0.717, 1.165) is 12.0 Å². The van der Waals surface area contributed by atoms with Crippen LogP contribution in [0.1, 0.15) is 38.2 Å². The van der Waals surface area contributed by atoms with Crippen molar-refractivity contribution in [2.75, 3.05) is 0 Å². The minimum absolute atomic E-state index is 0.128. The van der Waals surface area contributed by atoms with Crippen LogP contribution in [0.4, 0.5) is 0 Å². The summed E-state index contributed by atoms with van der Waals surface area (Å²) < 4.78 is 11.2. The Hall–Kier alpha value is -2.10. The number of rotatable bonds is 3. The topological polar surface area (TPSA) is 52.6 Å². The normalized spacial score (nSPS) is 27.4. The fraction of sp³-hybridized carbons (Fsp3) is 0.444. The molecule has 3 rings (SSSR count). The molecule has 1 aromatic carbocycles. The van der Waals surface area contributed by atoms with Crippen LogP contribution in [0.5, 0.6) is 0 Å². The van der Waals surface area contributed by atoms with Gasteiger partial charge in [0.25, 0.3) is 0 Å². The third-order valence-electron chi connectivity index (χ3n) is 4.38. The molecule has 0 N–H and O–H groups in total. The fourth-order valence-corrected chi connectivity index (χ4v) is 3.16. The van der Waals surface area contributed by atoms with Crippen molar-refractivity contribution in [2.45, 2.75) is 44.8 Å². The summed E-state index contributed by atoms with van der Waals surface area (Å²) in [6.07, 6.45) is 3.67. The third-order valence-corrected chi connectivity index (χ3v) is 4.38. The van der Waals surface area contributed by atoms with Crippen molar-refractivity contribution in [3.05, 3.63) is 42.2 Å². The molecule has 0 spiro atoms. The van der Waals surface area contributed by atoms with Gasteiger partial charge < -0.3 is 9.47 Å². The van der Waals surface area contributed by atoms with Crippen LogP contribution in [0.15, 0.2) is 36.6 Å². The number of hydrogen-bond donors (Lipinski definition) is 0. The Morgan fingerprint density at radius 3 is 2.77 bits per heavy atom. The zero-order valence-electron chi connectivity index (χ0n) is 12.7. The molecule has 1 aliphatic heterocycles. The van der Waals surface area contributed by atoms with Gasteiger partial charge in [-0.15, -0.1) is 0 Å². The Bertz CT molecular complexity index is 590. The molecule has 0 bridgehead atoms. The first-order chi connectivity index (χ1) is 10.7. The summed E-state index contributed by atoms with van der Waals surface area (Å²) in [7, 11) is 0. The highest BCUT2D eigenvalue weighted by molar-refractivity contribution is 6.22. The van der Waals surface area contributed by atoms with E-state index in [2.05, 4.69) is 0 Å². The van der Waals surface area contributed by atoms with Gasteiger partial charge >= 0.3 is 5.97 Å². The monoisotopic (exact) mass is 300 g/mol. The molecule has 1 fully saturated rings. The van der Waals surface area contributed by atoms with Crippen molar-refractivity contribution in [3.8, 4) is 0 Å². The number of benzene rings is 1. The Morgan fingerprint density at radius 2 is 2.05 bits per heavy atom. The SMILES string of the molecule is CCC(=O)OC1CCC2C(=O)C(c3ccccc3)=COC2C1. The third kappa shape index (κ3) is 2.91. The molecule has 1 aliphatic carbocycles. The minimum atomic E-state index is -0.189. The van der Waals surface area contributed by atoms with Gasteiger partial charge in [0, 0.05) is 12.8 Å². The maximum Gasteiger partial charge on any atom is 0.305 e. The quantitative estimate of drug-likeness (QED) is 0.805. The van der Waals surface area contributed by atoms with E-state index in [1.165, 1.54) is 0 Å². The molecule has 22 heavy (non-hydrogen) atoms. The standard InChI is InChI=1S/C18H20O4/c1-2-17(19)22-13-8-9-14-16(10-13)21-11-15(18(14)20)12-6-4-3-5-7-12/h3-7,11,13-14,16H,2,8-10H2,1H3. The Kier molecular flexibility index (Phi) is 4.27. The zero-order valence-corrected chi connectivity index (χ0v) is 12.7. The largest absolute Gasteiger partial charge is 0.496 e. The van der Waals surface area contributed by atoms with Crippen molar-refractivity contribution < 1.29 is 19.1 Å². The van der Waals surface area contributed by atoms with Gasteiger partial charge in [0.15, 0.2) is 5.78 Å². The van der Waals surface area contributed by atoms with Crippen molar-refractivity contribution >= 4 is 17.3 Å². The summed E-state index contributed by atoms with van der Waals surface area (Å²) in [5.74, 6) is -0.175. The highest BCUT2D eigenvalue weighted by Crippen LogP contribution is 2.37. The second-order valence-corrected chi connectivity index (χ2v) is 5.82. The lowest BCUT2D eigenvalue weighted by Gasteiger charge is -2.37. The second kappa shape index (κ2) is 6.34. The van der Waals surface area contributed by atoms with Gasteiger partial charge in [0.2, 0.25) is 0 Å². The lowest BCUT2D eigenvalue weighted by atomic mass is 9.78. The molecule has 0 saturated heterocycles. The maximum atomic E-state index is 12.7. The lowest BCUT2D eigenvalue weighted by Crippen LogP contribution is -2.41. The highest BCUT2D eigenvalue weighted by Gasteiger charge is 2.41. The van der Waals surface area contributed by atoms with Gasteiger partial charge in [-0.2, -0.15) is 0 Å². The van der Waals surface area contributed by atoms with E-state index in [-0.39, 0.29) is 29.9 Å². The molecule has 3 unspecified atom stereocenters. The molecule has 0 radical (unpaired) electrons. The molecule has 116 valence electrons. The summed E-state index contributed by atoms with van der Waals surface area (Å²) in [5.41, 5.74) is 1.54. The second-order valence-electron chi connectivity index (χ2n) is 5.82. The van der Waals surface area contributed by atoms with Crippen LogP contribution in [-0.2, 0) is 19.1 Å². The van der Waals surface area contributed by atoms with E-state index < -0.39 is 0 Å². The number of hydrogen-bond acceptors (Lipinski definition) is 4. The Balaban J connectivity index is 1.72. The van der Waals surface area contributed by atoms with Gasteiger partial charge in [-0.3, -0.25) is 9.59 Å². The highest BCUT2D eigenvalue weighted by atomic mass is 16.5. The maximum absolute atomic E-state index is 12.7. The number of allylic oxidation sites excluding steroid dienone is 1. The molecule has 2 aliphatic rings. The molecule has 4 heteroatoms. The van der Waals surface area contributed by atoms with E-state index in [4.69, 9.17) is 9.47 Å². The first-order valence-electron chi connectivity index (χ1n) is 7.83. The van der Waals surface area contributed by atoms with Crippen molar-refractivity contribution in [2.24, 2.45) is 5.92 Å². The molecule has 0 amide bonds. The molecule has 3 atom stereocenters. The minimum Gasteiger partial charge on any atom is -0.496 e. The van der Waals surface area contributed by atoms with E-state index in [0.29, 0.717) is 24.8 Å². The molecule has 4 nitrogen and oxygen atoms in total. The van der Waals surface area contributed by atoms with E-state index in [1.54, 1.807) is 13.2 Å². The first-order valence-corrected chi connectivity index (χ1v) is 7.83. The van der Waals surface area contributed by atoms with Crippen LogP contribution < -0.4 is 0 Å². The Morgan fingerprint density at radius 1 is 1.27 bits per heavy atom. The van der Waals surface area contributed by atoms with Gasteiger partial charge in [0.1, 0.15) is 12.2 Å². The number of ether oxygens (including phenoxy) is 2. The van der Waals surface area contributed by atoms with E-state index >= 15 is 0 Å². The van der Waals surface area contributed by atoms with Crippen LogP contribution in [0.3, 0.4) is 0 Å². The van der Waals surface area contributed by atoms with Gasteiger partial charge in [0.05, 0.1) is 17.8 Å². The number of carbonyl (C=O) groups excluding carboxylic acids is 2. The summed E-state index contributed by atoms with van der Waals surface area (Å²) >= 11 is 0.